The molecule has 1 aromatic carbocycles. The van der Waals surface area contributed by atoms with E-state index < -0.39 is 40.2 Å². The van der Waals surface area contributed by atoms with Crippen LogP contribution < -0.4 is 8.92 Å². The molecule has 154 valence electrons. The van der Waals surface area contributed by atoms with Crippen molar-refractivity contribution in [2.45, 2.75) is 44.6 Å². The van der Waals surface area contributed by atoms with Crippen molar-refractivity contribution in [3.63, 3.8) is 0 Å². The highest BCUT2D eigenvalue weighted by Crippen LogP contribution is 2.59. The Labute approximate surface area is 162 Å². The molecule has 0 heterocycles. The molecule has 6 nitrogen and oxygen atoms in total. The van der Waals surface area contributed by atoms with Gasteiger partial charge in [-0.05, 0) is 74.8 Å². The highest BCUT2D eigenvalue weighted by molar-refractivity contribution is 7.81. The van der Waals surface area contributed by atoms with Gasteiger partial charge in [0.15, 0.2) is 18.1 Å². The molecule has 0 saturated heterocycles. The zero-order valence-electron chi connectivity index (χ0n) is 15.4. The third-order valence-electron chi connectivity index (χ3n) is 6.53. The third kappa shape index (κ3) is 3.81. The van der Waals surface area contributed by atoms with Crippen molar-refractivity contribution in [1.82, 2.24) is 0 Å². The number of carbonyl (C=O) groups excluding carboxylic acids is 1. The first-order valence-electron chi connectivity index (χ1n) is 9.40. The zero-order valence-corrected chi connectivity index (χ0v) is 16.2. The van der Waals surface area contributed by atoms with Gasteiger partial charge in [-0.3, -0.25) is 0 Å². The van der Waals surface area contributed by atoms with E-state index in [1.165, 1.54) is 6.42 Å². The van der Waals surface area contributed by atoms with E-state index in [1.807, 2.05) is 6.92 Å². The topological polar surface area (TPSA) is 78.9 Å². The molecule has 4 saturated carbocycles. The first-order chi connectivity index (χ1) is 13.1. The Hall–Kier alpha value is -1.90. The molecule has 4 aliphatic carbocycles. The fourth-order valence-electron chi connectivity index (χ4n) is 5.47. The van der Waals surface area contributed by atoms with E-state index in [4.69, 9.17) is 9.47 Å². The predicted molar refractivity (Wildman–Crippen MR) is 94.1 cm³/mol. The lowest BCUT2D eigenvalue weighted by molar-refractivity contribution is -0.204. The zero-order chi connectivity index (χ0) is 20.1. The van der Waals surface area contributed by atoms with Crippen LogP contribution in [0.2, 0.25) is 0 Å². The summed E-state index contributed by atoms with van der Waals surface area (Å²) in [6.45, 7) is 1.47. The summed E-state index contributed by atoms with van der Waals surface area (Å²) in [4.78, 5) is 12.4. The van der Waals surface area contributed by atoms with Crippen molar-refractivity contribution in [3.8, 4) is 11.5 Å². The minimum atomic E-state index is -5.36. The van der Waals surface area contributed by atoms with Crippen LogP contribution in [0.4, 0.5) is 8.28 Å². The maximum Gasteiger partial charge on any atom is 0.488 e. The number of hydrogen-bond acceptors (Lipinski definition) is 6. The van der Waals surface area contributed by atoms with Crippen LogP contribution >= 0.6 is 0 Å². The van der Waals surface area contributed by atoms with E-state index in [0.29, 0.717) is 17.9 Å². The molecule has 0 radical (unpaired) electrons. The molecule has 0 unspecified atom stereocenters. The number of halogens is 2. The van der Waals surface area contributed by atoms with Gasteiger partial charge in [0.2, 0.25) is 0 Å². The van der Waals surface area contributed by atoms with Gasteiger partial charge in [-0.2, -0.15) is 8.42 Å². The van der Waals surface area contributed by atoms with E-state index >= 15 is 0 Å². The highest BCUT2D eigenvalue weighted by atomic mass is 32.3. The number of ether oxygens (including phenoxy) is 2. The number of rotatable bonds is 6. The third-order valence-corrected chi connectivity index (χ3v) is 6.91. The van der Waals surface area contributed by atoms with Gasteiger partial charge in [-0.15, -0.1) is 0 Å². The smallest absolute Gasteiger partial charge is 0.478 e. The van der Waals surface area contributed by atoms with Crippen LogP contribution in [0.15, 0.2) is 18.2 Å². The van der Waals surface area contributed by atoms with Crippen LogP contribution in [-0.2, 0) is 20.0 Å². The Kier molecular flexibility index (Phi) is 4.76. The molecular formula is C19H22F2O6S. The van der Waals surface area contributed by atoms with Crippen molar-refractivity contribution >= 4 is 16.5 Å². The van der Waals surface area contributed by atoms with Gasteiger partial charge in [0.1, 0.15) is 11.4 Å². The van der Waals surface area contributed by atoms with Crippen molar-refractivity contribution in [2.75, 3.05) is 6.61 Å². The Morgan fingerprint density at radius 2 is 1.71 bits per heavy atom. The van der Waals surface area contributed by atoms with Gasteiger partial charge in [0.05, 0.1) is 0 Å². The maximum absolute atomic E-state index is 13.3. The predicted octanol–water partition coefficient (Wildman–Crippen LogP) is 3.56. The maximum atomic E-state index is 13.3. The Balaban J connectivity index is 1.41. The summed E-state index contributed by atoms with van der Waals surface area (Å²) in [5, 5.41) is 0. The van der Waals surface area contributed by atoms with Crippen molar-refractivity contribution in [3.05, 3.63) is 24.0 Å². The van der Waals surface area contributed by atoms with E-state index in [-0.39, 0.29) is 5.75 Å². The molecule has 0 aromatic heterocycles. The number of benzene rings is 1. The largest absolute Gasteiger partial charge is 0.488 e. The summed E-state index contributed by atoms with van der Waals surface area (Å²) in [6.07, 6.45) is 5.57. The van der Waals surface area contributed by atoms with Gasteiger partial charge in [0.25, 0.3) is 0 Å². The molecule has 28 heavy (non-hydrogen) atoms. The minimum absolute atomic E-state index is 0.269. The summed E-state index contributed by atoms with van der Waals surface area (Å²) in [7, 11) is -5.36. The lowest BCUT2D eigenvalue weighted by atomic mass is 9.50. The summed E-state index contributed by atoms with van der Waals surface area (Å²) >= 11 is 0. The average Bonchev–Trinajstić information content (AvgIpc) is 2.57. The minimum Gasteiger partial charge on any atom is -0.478 e. The van der Waals surface area contributed by atoms with Crippen LogP contribution in [0.1, 0.15) is 39.0 Å². The summed E-state index contributed by atoms with van der Waals surface area (Å²) < 4.78 is 62.6. The molecule has 0 amide bonds. The molecule has 9 heteroatoms. The average molecular weight is 416 g/mol. The van der Waals surface area contributed by atoms with Crippen LogP contribution in [-0.4, -0.2) is 26.6 Å². The standard InChI is InChI=1S/C19H22F2O6S/c1-19(13-5-11-4-12(7-13)8-14(19)6-11)26-18(22)10-25-16-3-2-15(20)9-17(16)27-28(21,23)24/h2-3,9,11-14H,4-8,10H2,1H3. The van der Waals surface area contributed by atoms with E-state index in [2.05, 4.69) is 4.18 Å². The Bertz CT molecular complexity index is 856. The summed E-state index contributed by atoms with van der Waals surface area (Å²) in [5.74, 6) is -0.239. The monoisotopic (exact) mass is 416 g/mol. The molecule has 0 atom stereocenters. The normalized spacial score (nSPS) is 33.5. The molecule has 5 rings (SSSR count). The Morgan fingerprint density at radius 1 is 1.11 bits per heavy atom. The van der Waals surface area contributed by atoms with Crippen LogP contribution in [0, 0.1) is 29.5 Å². The molecule has 0 aliphatic heterocycles. The lowest BCUT2D eigenvalue weighted by Crippen LogP contribution is -2.58. The van der Waals surface area contributed by atoms with Gasteiger partial charge < -0.3 is 13.7 Å². The number of esters is 1. The van der Waals surface area contributed by atoms with E-state index in [9.17, 15) is 21.5 Å². The second-order valence-corrected chi connectivity index (χ2v) is 9.27. The van der Waals surface area contributed by atoms with E-state index in [0.717, 1.165) is 49.7 Å². The van der Waals surface area contributed by atoms with Crippen LogP contribution in [0.3, 0.4) is 0 Å². The molecular weight excluding hydrogens is 394 g/mol. The molecule has 1 aromatic rings. The SMILES string of the molecule is CC1(OC(=O)COc2ccc(F)cc2OS(=O)(=O)F)C2CC3CC(C2)CC1C3. The van der Waals surface area contributed by atoms with Gasteiger partial charge in [-0.1, -0.05) is 3.89 Å². The first-order valence-corrected chi connectivity index (χ1v) is 10.7. The molecule has 4 fully saturated rings. The first kappa shape index (κ1) is 19.4. The fourth-order valence-corrected chi connectivity index (χ4v) is 5.82. The highest BCUT2D eigenvalue weighted by Gasteiger charge is 2.57. The molecule has 4 bridgehead atoms. The van der Waals surface area contributed by atoms with Crippen molar-refractivity contribution in [1.29, 1.82) is 0 Å². The van der Waals surface area contributed by atoms with Gasteiger partial charge in [0, 0.05) is 6.07 Å². The van der Waals surface area contributed by atoms with Crippen LogP contribution in [0.25, 0.3) is 0 Å². The Morgan fingerprint density at radius 3 is 2.29 bits per heavy atom. The summed E-state index contributed by atoms with van der Waals surface area (Å²) in [6, 6.07) is 2.71. The van der Waals surface area contributed by atoms with E-state index in [1.54, 1.807) is 0 Å². The van der Waals surface area contributed by atoms with Crippen molar-refractivity contribution < 1.29 is 35.1 Å². The molecule has 4 aliphatic rings. The molecule has 0 spiro atoms. The summed E-state index contributed by atoms with van der Waals surface area (Å²) in [5.41, 5.74) is -0.529. The molecule has 0 N–H and O–H groups in total. The fraction of sp³-hybridized carbons (Fsp3) is 0.632. The second-order valence-electron chi connectivity index (χ2n) is 8.32. The second kappa shape index (κ2) is 6.86. The number of carbonyl (C=O) groups is 1. The number of hydrogen-bond donors (Lipinski definition) is 0. The van der Waals surface area contributed by atoms with Gasteiger partial charge >= 0.3 is 16.5 Å². The quantitative estimate of drug-likeness (QED) is 0.521. The van der Waals surface area contributed by atoms with Crippen LogP contribution in [0.5, 0.6) is 11.5 Å². The van der Waals surface area contributed by atoms with Gasteiger partial charge in [-0.25, -0.2) is 9.18 Å². The lowest BCUT2D eigenvalue weighted by Gasteiger charge is -2.59. The van der Waals surface area contributed by atoms with Crippen molar-refractivity contribution in [2.24, 2.45) is 23.7 Å².